The summed E-state index contributed by atoms with van der Waals surface area (Å²) in [7, 11) is -3.14. The van der Waals surface area contributed by atoms with E-state index in [4.69, 9.17) is 25.7 Å². The van der Waals surface area contributed by atoms with Crippen LogP contribution in [0.25, 0.3) is 74.1 Å². The topological polar surface area (TPSA) is 447 Å². The summed E-state index contributed by atoms with van der Waals surface area (Å²) < 4.78 is 144. The number of benzene rings is 4. The minimum Gasteiger partial charge on any atom is -0.396 e. The lowest BCUT2D eigenvalue weighted by Crippen LogP contribution is -2.38. The number of halogens is 8. The number of aromatic nitrogens is 28. The van der Waals surface area contributed by atoms with Crippen molar-refractivity contribution in [2.24, 2.45) is 33.3 Å². The van der Waals surface area contributed by atoms with Crippen LogP contribution >= 0.6 is 0 Å². The second-order valence-corrected chi connectivity index (χ2v) is 44.2. The molecule has 1 amide bonds. The van der Waals surface area contributed by atoms with Gasteiger partial charge in [0, 0.05) is 68.7 Å². The van der Waals surface area contributed by atoms with Gasteiger partial charge in [-0.1, -0.05) is 93.5 Å². The van der Waals surface area contributed by atoms with Crippen LogP contribution in [0.1, 0.15) is 248 Å². The summed E-state index contributed by atoms with van der Waals surface area (Å²) in [6, 6.07) is 26.0. The number of carbonyl (C=O) groups excluding carboxylic acids is 1. The third kappa shape index (κ3) is 16.3. The van der Waals surface area contributed by atoms with Crippen LogP contribution in [0.15, 0.2) is 172 Å². The molecule has 12 heterocycles. The number of sulfone groups is 1. The molecule has 8 aliphatic rings. The van der Waals surface area contributed by atoms with Gasteiger partial charge in [-0.15, -0.1) is 40.8 Å². The highest BCUT2D eigenvalue weighted by molar-refractivity contribution is 7.90. The zero-order chi connectivity index (χ0) is 105. The van der Waals surface area contributed by atoms with Crippen molar-refractivity contribution in [1.29, 1.82) is 0 Å². The molecule has 34 nitrogen and oxygen atoms in total. The average molecular weight is 2050 g/mol. The number of hydrogen-bond donors (Lipinski definition) is 3. The van der Waals surface area contributed by atoms with Gasteiger partial charge in [0.25, 0.3) is 5.95 Å². The van der Waals surface area contributed by atoms with Crippen molar-refractivity contribution in [1.82, 2.24) is 140 Å². The summed E-state index contributed by atoms with van der Waals surface area (Å²) in [6.45, 7) is 21.8. The molecule has 0 aliphatic heterocycles. The molecule has 4 aromatic carbocycles. The van der Waals surface area contributed by atoms with E-state index >= 15 is 0 Å². The van der Waals surface area contributed by atoms with E-state index in [0.717, 1.165) is 113 Å². The highest BCUT2D eigenvalue weighted by Crippen LogP contribution is 2.74. The number of amides is 1. The molecule has 4 saturated carbocycles. The molecule has 8 bridgehead atoms. The molecule has 0 saturated heterocycles. The van der Waals surface area contributed by atoms with E-state index in [1.54, 1.807) is 78.8 Å². The standard InChI is InChI=1S/2C27H27F2N7O.C26H24F2N8O.C26H25F2N7O2S/c1-15(14-37)13-36-31-12-21(35-36)25-30-10-8-22(32-25)27-9-7-17(26(27,2)3)16-11-20(33-34-24(16)27)23-18(28)5-4-6-19(23)29;1-4-15(13-37)24-31-14-36(35-24)25-30-11-9-21(32-25)27-10-8-17(26(27,2)3)16-12-20(33-34-23(16)27)22-18(28)6-5-7-19(22)29;1-25(2)15-8-9-26(25,24-14(15)10-18(33-34-24)23-16(27)4-3-5-17(23)28)19-11-30-12-22(32-19)36-13-31-21(35-36)7-6-20(29)37;1-25(2)16-7-9-26(25,24-15(16)11-19(32-33-24)23-17(27)5-4-6-18(23)28)20-12-29-13-22(31-20)35-14-30-21(34-35)8-10-38(3,36)37/h4-6,8,10-12,15,17,37H,7,9,13-14H2,1-3H3;5-7,9,11-12,14-15,17,37H,4,8,10,13H2,1-3H3;3-5,10-13,15H,6-9H2,1-2H3,(H2,29,37);4-6,11-14,16H,7-10H2,1-3H3/t15-,17-,27-;15?,17-,27-;15-,26-;16-,26-/m0000/s1. The third-order valence-corrected chi connectivity index (χ3v) is 33.8. The minimum absolute atomic E-state index is 0.0268. The van der Waals surface area contributed by atoms with Crippen LogP contribution in [0.3, 0.4) is 0 Å². The first kappa shape index (κ1) is 99.8. The van der Waals surface area contributed by atoms with Crippen LogP contribution in [-0.2, 0) is 55.7 Å². The summed E-state index contributed by atoms with van der Waals surface area (Å²) in [5, 5.41) is 76.5. The maximum atomic E-state index is 14.5. The normalized spacial score (nSPS) is 21.8. The van der Waals surface area contributed by atoms with Crippen LogP contribution in [-0.4, -0.2) is 190 Å². The number of fused-ring (bicyclic) bond motifs is 20. The number of carbonyl (C=O) groups is 1. The molecular formula is C106H103F8N29O5S. The zero-order valence-corrected chi connectivity index (χ0v) is 83.9. The van der Waals surface area contributed by atoms with Gasteiger partial charge in [0.1, 0.15) is 81.1 Å². The number of aliphatic hydroxyl groups excluding tert-OH is 2. The molecule has 764 valence electrons. The number of aliphatic hydroxyl groups is 2. The number of primary amides is 1. The summed E-state index contributed by atoms with van der Waals surface area (Å²) in [5.41, 5.74) is 12.4. The molecule has 12 aromatic heterocycles. The van der Waals surface area contributed by atoms with Crippen molar-refractivity contribution in [3.63, 3.8) is 0 Å². The Bertz CT molecular complexity index is 8020. The molecule has 43 heteroatoms. The lowest BCUT2D eigenvalue weighted by Gasteiger charge is -2.37. The molecule has 0 radical (unpaired) electrons. The second-order valence-electron chi connectivity index (χ2n) is 41.9. The van der Waals surface area contributed by atoms with Crippen LogP contribution in [0.5, 0.6) is 0 Å². The van der Waals surface area contributed by atoms with Gasteiger partial charge in [-0.2, -0.15) is 35.0 Å². The number of aryl methyl sites for hydroxylation is 2. The van der Waals surface area contributed by atoms with Crippen molar-refractivity contribution in [2.75, 3.05) is 25.2 Å². The van der Waals surface area contributed by atoms with Crippen molar-refractivity contribution < 1.29 is 58.5 Å². The molecule has 149 heavy (non-hydrogen) atoms. The Morgan fingerprint density at radius 1 is 0.436 bits per heavy atom. The Kier molecular flexibility index (Phi) is 25.2. The monoisotopic (exact) mass is 2050 g/mol. The molecule has 0 spiro atoms. The Labute approximate surface area is 849 Å². The van der Waals surface area contributed by atoms with E-state index in [1.807, 2.05) is 26.0 Å². The Morgan fingerprint density at radius 2 is 0.812 bits per heavy atom. The second kappa shape index (κ2) is 37.6. The molecule has 1 unspecified atom stereocenters. The van der Waals surface area contributed by atoms with Crippen molar-refractivity contribution in [2.45, 2.75) is 204 Å². The van der Waals surface area contributed by atoms with Crippen LogP contribution in [0.2, 0.25) is 0 Å². The molecule has 4 fully saturated rings. The zero-order valence-electron chi connectivity index (χ0n) is 83.1. The first-order valence-corrected chi connectivity index (χ1v) is 51.3. The van der Waals surface area contributed by atoms with Gasteiger partial charge in [0.15, 0.2) is 34.9 Å². The van der Waals surface area contributed by atoms with Gasteiger partial charge in [-0.25, -0.2) is 97.8 Å². The molecule has 8 aliphatic carbocycles. The van der Waals surface area contributed by atoms with E-state index in [9.17, 15) is 58.5 Å². The van der Waals surface area contributed by atoms with E-state index < -0.39 is 83.9 Å². The summed E-state index contributed by atoms with van der Waals surface area (Å²) in [6.07, 6.45) is 25.6. The van der Waals surface area contributed by atoms with Gasteiger partial charge < -0.3 is 15.9 Å². The lowest BCUT2D eigenvalue weighted by molar-refractivity contribution is -0.118. The van der Waals surface area contributed by atoms with Gasteiger partial charge in [-0.3, -0.25) is 14.8 Å². The summed E-state index contributed by atoms with van der Waals surface area (Å²) in [5.74, 6) is -2.26. The largest absolute Gasteiger partial charge is 0.396 e. The van der Waals surface area contributed by atoms with Crippen molar-refractivity contribution in [3.05, 3.63) is 303 Å². The maximum absolute atomic E-state index is 14.5. The number of nitrogens with zero attached hydrogens (tertiary/aromatic N) is 28. The van der Waals surface area contributed by atoms with Gasteiger partial charge in [0.05, 0.1) is 150 Å². The summed E-state index contributed by atoms with van der Waals surface area (Å²) >= 11 is 0. The lowest BCUT2D eigenvalue weighted by atomic mass is 9.66. The van der Waals surface area contributed by atoms with E-state index in [2.05, 4.69) is 157 Å². The number of hydrogen-bond acceptors (Lipinski definition) is 29. The molecule has 16 aromatic rings. The van der Waals surface area contributed by atoms with Crippen molar-refractivity contribution >= 4 is 15.7 Å². The van der Waals surface area contributed by atoms with Crippen LogP contribution < -0.4 is 5.73 Å². The predicted molar refractivity (Wildman–Crippen MR) is 525 cm³/mol. The Hall–Kier alpha value is -15.1. The van der Waals surface area contributed by atoms with Crippen LogP contribution in [0.4, 0.5) is 35.1 Å². The Balaban J connectivity index is 0.000000116. The minimum atomic E-state index is -3.14. The van der Waals surface area contributed by atoms with Crippen LogP contribution in [0, 0.1) is 74.1 Å². The Morgan fingerprint density at radius 3 is 1.19 bits per heavy atom. The highest BCUT2D eigenvalue weighted by atomic mass is 32.2. The smallest absolute Gasteiger partial charge is 0.252 e. The van der Waals surface area contributed by atoms with Crippen molar-refractivity contribution in [3.8, 4) is 74.1 Å². The number of rotatable bonds is 24. The molecule has 24 rings (SSSR count). The van der Waals surface area contributed by atoms with Gasteiger partial charge in [0.2, 0.25) is 5.91 Å². The van der Waals surface area contributed by atoms with E-state index in [0.29, 0.717) is 71.7 Å². The van der Waals surface area contributed by atoms with Gasteiger partial charge in [-0.05, 0) is 210 Å². The molecule has 4 N–H and O–H groups in total. The molecule has 10 atom stereocenters. The third-order valence-electron chi connectivity index (χ3n) is 32.9. The summed E-state index contributed by atoms with van der Waals surface area (Å²) in [4.78, 5) is 62.9. The SMILES string of the molecule is CC1(C)[C@H]2CC[C@]1(c1cncc(-n3cnc(CCC(N)=O)n3)n1)c1nnc(-c3c(F)cccc3F)cc12.CC1(C)[C@H]2CC[C@]1(c1cncc(-n3cnc(CCS(C)(=O)=O)n3)n1)c1nnc(-c3c(F)cccc3F)cc12.CCC(CO)c1ncn(-c2nccc([C@@]34CC[C@@H](c5cc(-c6c(F)cccc6F)nnc53)C4(C)C)n2)n1.C[C@H](CO)Cn1ncc(-c2nccc([C@@]34CC[C@@H](c5cc(-c6c(F)cccc6F)nnc53)C4(C)C)n2)n1. The maximum Gasteiger partial charge on any atom is 0.252 e. The quantitative estimate of drug-likeness (QED) is 0.0473. The average Bonchev–Trinajstić information content (AvgIpc) is 1.53. The van der Waals surface area contributed by atoms with E-state index in [-0.39, 0.29) is 134 Å². The number of nitrogens with two attached hydrogens (primary N) is 1. The fourth-order valence-corrected chi connectivity index (χ4v) is 25.7. The van der Waals surface area contributed by atoms with Gasteiger partial charge >= 0.3 is 0 Å². The first-order chi connectivity index (χ1) is 71.3. The highest BCUT2D eigenvalue weighted by Gasteiger charge is 2.69. The van der Waals surface area contributed by atoms with E-state index in [1.165, 1.54) is 106 Å². The fraction of sp³-hybridized carbons (Fsp3) is 0.387. The predicted octanol–water partition coefficient (Wildman–Crippen LogP) is 15.8. The first-order valence-electron chi connectivity index (χ1n) is 49.2. The fourth-order valence-electron chi connectivity index (χ4n) is 25.1. The molecular weight excluding hydrogens is 1940 g/mol.